The molecule has 27 heavy (non-hydrogen) atoms. The molecule has 1 aliphatic heterocycles. The fraction of sp³-hybridized carbons (Fsp3) is 0.500. The Bertz CT molecular complexity index is 961. The summed E-state index contributed by atoms with van der Waals surface area (Å²) in [4.78, 5) is 29.5. The fourth-order valence-corrected chi connectivity index (χ4v) is 4.73. The highest BCUT2D eigenvalue weighted by Crippen LogP contribution is 2.40. The molecule has 1 saturated carbocycles. The van der Waals surface area contributed by atoms with Gasteiger partial charge < -0.3 is 4.52 Å². The van der Waals surface area contributed by atoms with Gasteiger partial charge >= 0.3 is 0 Å². The largest absolute Gasteiger partial charge is 0.333 e. The number of rotatable bonds is 7. The number of imide groups is 1. The van der Waals surface area contributed by atoms with Gasteiger partial charge in [-0.1, -0.05) is 5.16 Å². The lowest BCUT2D eigenvalue weighted by atomic mass is 10.1. The Morgan fingerprint density at radius 2 is 2.00 bits per heavy atom. The van der Waals surface area contributed by atoms with Gasteiger partial charge in [0.05, 0.1) is 11.4 Å². The highest BCUT2D eigenvalue weighted by atomic mass is 32.2. The van der Waals surface area contributed by atoms with Crippen LogP contribution in [0.4, 0.5) is 5.69 Å². The number of likely N-dealkylation sites (tertiary alicyclic amines) is 1. The molecule has 0 bridgehead atoms. The number of piperidine rings is 1. The zero-order chi connectivity index (χ0) is 19.0. The van der Waals surface area contributed by atoms with Gasteiger partial charge in [-0.25, -0.2) is 8.42 Å². The molecule has 1 saturated heterocycles. The van der Waals surface area contributed by atoms with Crippen molar-refractivity contribution in [2.75, 3.05) is 17.0 Å². The molecule has 4 rings (SSSR count). The lowest BCUT2D eigenvalue weighted by molar-refractivity contribution is -0.147. The van der Waals surface area contributed by atoms with Crippen molar-refractivity contribution in [1.29, 1.82) is 0 Å². The van der Waals surface area contributed by atoms with Crippen molar-refractivity contribution in [1.82, 2.24) is 15.0 Å². The van der Waals surface area contributed by atoms with Crippen molar-refractivity contribution in [3.63, 3.8) is 0 Å². The predicted octanol–water partition coefficient (Wildman–Crippen LogP) is 1.96. The first kappa shape index (κ1) is 18.1. The number of nitrogens with one attached hydrogen (secondary N) is 1. The Morgan fingerprint density at radius 1 is 1.26 bits per heavy atom. The Kier molecular flexibility index (Phi) is 4.72. The van der Waals surface area contributed by atoms with E-state index in [-0.39, 0.29) is 42.8 Å². The van der Waals surface area contributed by atoms with Gasteiger partial charge in [0.2, 0.25) is 21.8 Å². The van der Waals surface area contributed by atoms with Crippen LogP contribution in [0, 0.1) is 0 Å². The van der Waals surface area contributed by atoms with Gasteiger partial charge in [0, 0.05) is 25.3 Å². The second kappa shape index (κ2) is 7.04. The Balaban J connectivity index is 1.44. The zero-order valence-electron chi connectivity index (χ0n) is 14.4. The molecular formula is C16H18N4O5S2. The van der Waals surface area contributed by atoms with Crippen LogP contribution >= 0.6 is 11.3 Å². The first-order chi connectivity index (χ1) is 12.9. The molecule has 2 aromatic heterocycles. The van der Waals surface area contributed by atoms with E-state index in [4.69, 9.17) is 4.52 Å². The van der Waals surface area contributed by atoms with Crippen LogP contribution in [0.2, 0.25) is 0 Å². The average Bonchev–Trinajstić information content (AvgIpc) is 3.17. The number of hydrogen-bond donors (Lipinski definition) is 1. The van der Waals surface area contributed by atoms with Gasteiger partial charge in [-0.15, -0.1) is 11.3 Å². The van der Waals surface area contributed by atoms with E-state index in [2.05, 4.69) is 14.9 Å². The summed E-state index contributed by atoms with van der Waals surface area (Å²) in [5, 5.41) is 5.68. The maximum atomic E-state index is 12.4. The molecule has 0 spiro atoms. The second-order valence-electron chi connectivity index (χ2n) is 6.61. The monoisotopic (exact) mass is 410 g/mol. The molecule has 9 nitrogen and oxygen atoms in total. The topological polar surface area (TPSA) is 122 Å². The molecule has 2 aliphatic rings. The molecule has 0 radical (unpaired) electrons. The van der Waals surface area contributed by atoms with Gasteiger partial charge in [-0.3, -0.25) is 19.2 Å². The molecule has 1 N–H and O–H groups in total. The van der Waals surface area contributed by atoms with Crippen LogP contribution in [0.1, 0.15) is 43.8 Å². The lowest BCUT2D eigenvalue weighted by Gasteiger charge is -2.24. The molecule has 3 heterocycles. The summed E-state index contributed by atoms with van der Waals surface area (Å²) in [5.41, 5.74) is 0.349. The third kappa shape index (κ3) is 4.03. The van der Waals surface area contributed by atoms with E-state index in [1.807, 2.05) is 0 Å². The van der Waals surface area contributed by atoms with Crippen molar-refractivity contribution >= 4 is 38.9 Å². The Labute approximate surface area is 159 Å². The third-order valence-corrected chi connectivity index (χ3v) is 6.63. The van der Waals surface area contributed by atoms with Gasteiger partial charge in [0.1, 0.15) is 4.88 Å². The highest BCUT2D eigenvalue weighted by Gasteiger charge is 2.30. The number of carbonyl (C=O) groups is 2. The maximum absolute atomic E-state index is 12.4. The van der Waals surface area contributed by atoms with Crippen molar-refractivity contribution in [2.24, 2.45) is 0 Å². The van der Waals surface area contributed by atoms with Crippen molar-refractivity contribution in [3.05, 3.63) is 17.3 Å². The smallest absolute Gasteiger partial charge is 0.270 e. The minimum absolute atomic E-state index is 0.154. The molecule has 0 aromatic carbocycles. The summed E-state index contributed by atoms with van der Waals surface area (Å²) in [7, 11) is -3.76. The number of thiophene rings is 1. The summed E-state index contributed by atoms with van der Waals surface area (Å²) in [6, 6.07) is 1.62. The van der Waals surface area contributed by atoms with E-state index in [9.17, 15) is 18.0 Å². The van der Waals surface area contributed by atoms with Gasteiger partial charge in [-0.2, -0.15) is 4.98 Å². The lowest BCUT2D eigenvalue weighted by Crippen LogP contribution is -2.43. The molecular weight excluding hydrogens is 392 g/mol. The van der Waals surface area contributed by atoms with Gasteiger partial charge in [0.15, 0.2) is 5.82 Å². The third-order valence-electron chi connectivity index (χ3n) is 4.48. The van der Waals surface area contributed by atoms with E-state index in [0.29, 0.717) is 28.7 Å². The van der Waals surface area contributed by atoms with E-state index < -0.39 is 10.0 Å². The number of sulfonamides is 1. The summed E-state index contributed by atoms with van der Waals surface area (Å²) in [6.07, 6.45) is 3.14. The van der Waals surface area contributed by atoms with E-state index >= 15 is 0 Å². The van der Waals surface area contributed by atoms with Crippen LogP contribution in [-0.2, 0) is 19.6 Å². The minimum atomic E-state index is -3.76. The average molecular weight is 410 g/mol. The summed E-state index contributed by atoms with van der Waals surface area (Å²) >= 11 is 1.29. The van der Waals surface area contributed by atoms with Crippen LogP contribution in [0.25, 0.3) is 10.8 Å². The van der Waals surface area contributed by atoms with Gasteiger partial charge in [0.25, 0.3) is 5.89 Å². The van der Waals surface area contributed by atoms with Crippen LogP contribution in [0.15, 0.2) is 16.0 Å². The fourth-order valence-electron chi connectivity index (χ4n) is 2.87. The number of nitrogens with zero attached hydrogens (tertiary/aromatic N) is 3. The van der Waals surface area contributed by atoms with E-state index in [0.717, 1.165) is 17.7 Å². The molecule has 2 fully saturated rings. The minimum Gasteiger partial charge on any atom is -0.333 e. The summed E-state index contributed by atoms with van der Waals surface area (Å²) in [6.45, 7) is -0.154. The van der Waals surface area contributed by atoms with Crippen LogP contribution in [-0.4, -0.2) is 47.6 Å². The molecule has 1 aliphatic carbocycles. The van der Waals surface area contributed by atoms with Crippen LogP contribution < -0.4 is 4.72 Å². The summed E-state index contributed by atoms with van der Waals surface area (Å²) in [5.74, 6) is 0.256. The van der Waals surface area contributed by atoms with Crippen LogP contribution in [0.5, 0.6) is 0 Å². The van der Waals surface area contributed by atoms with Crippen molar-refractivity contribution < 1.29 is 22.5 Å². The highest BCUT2D eigenvalue weighted by molar-refractivity contribution is 7.92. The second-order valence-corrected chi connectivity index (χ2v) is 9.37. The standard InChI is InChI=1S/C16H18N4O5S2/c21-12-2-1-3-13(22)20(12)7-9-27(23,24)19-11-6-8-26-14(11)16-17-15(18-25-16)10-4-5-10/h6,8,10,19H,1-5,7,9H2. The van der Waals surface area contributed by atoms with Gasteiger partial charge in [-0.05, 0) is 30.7 Å². The maximum Gasteiger partial charge on any atom is 0.270 e. The van der Waals surface area contributed by atoms with Crippen molar-refractivity contribution in [3.8, 4) is 10.8 Å². The number of anilines is 1. The molecule has 0 unspecified atom stereocenters. The predicted molar refractivity (Wildman–Crippen MR) is 97.6 cm³/mol. The molecule has 2 amide bonds. The van der Waals surface area contributed by atoms with Crippen molar-refractivity contribution in [2.45, 2.75) is 38.0 Å². The number of hydrogen-bond acceptors (Lipinski definition) is 8. The first-order valence-corrected chi connectivity index (χ1v) is 11.2. The Morgan fingerprint density at radius 3 is 2.70 bits per heavy atom. The zero-order valence-corrected chi connectivity index (χ0v) is 16.0. The number of carbonyl (C=O) groups excluding carboxylic acids is 2. The van der Waals surface area contributed by atoms with E-state index in [1.165, 1.54) is 11.3 Å². The SMILES string of the molecule is O=C1CCCC(=O)N1CCS(=O)(=O)Nc1ccsc1-c1nc(C2CC2)no1. The van der Waals surface area contributed by atoms with E-state index in [1.54, 1.807) is 11.4 Å². The molecule has 2 aromatic rings. The number of aromatic nitrogens is 2. The molecule has 11 heteroatoms. The molecule has 144 valence electrons. The normalized spacial score (nSPS) is 18.1. The first-order valence-electron chi connectivity index (χ1n) is 8.68. The van der Waals surface area contributed by atoms with Crippen LogP contribution in [0.3, 0.4) is 0 Å². The quantitative estimate of drug-likeness (QED) is 0.692. The molecule has 0 atom stereocenters. The number of amides is 2. The summed E-state index contributed by atoms with van der Waals surface area (Å²) < 4.78 is 32.6. The Hall–Kier alpha value is -2.27.